The second-order valence-corrected chi connectivity index (χ2v) is 13.6. The summed E-state index contributed by atoms with van der Waals surface area (Å²) in [4.78, 5) is 2.45. The maximum Gasteiger partial charge on any atom is 0.143 e. The molecule has 0 spiro atoms. The third-order valence-electron chi connectivity index (χ3n) is 10.5. The van der Waals surface area contributed by atoms with Gasteiger partial charge in [0.25, 0.3) is 0 Å². The maximum atomic E-state index is 6.64. The van der Waals surface area contributed by atoms with Crippen molar-refractivity contribution in [1.29, 1.82) is 0 Å². The van der Waals surface area contributed by atoms with Gasteiger partial charge in [0.1, 0.15) is 11.2 Å². The van der Waals surface area contributed by atoms with E-state index < -0.39 is 0 Å². The minimum Gasteiger partial charge on any atom is -0.455 e. The molecule has 2 nitrogen and oxygen atoms in total. The number of anilines is 3. The molecule has 0 unspecified atom stereocenters. The summed E-state index contributed by atoms with van der Waals surface area (Å²) in [6.45, 7) is 0. The summed E-state index contributed by atoms with van der Waals surface area (Å²) >= 11 is 0. The number of rotatable bonds is 7. The molecule has 0 bridgehead atoms. The molecular formula is C52H35NO. The molecule has 0 aliphatic rings. The van der Waals surface area contributed by atoms with Crippen LogP contribution in [-0.2, 0) is 0 Å². The fraction of sp³-hybridized carbons (Fsp3) is 0. The van der Waals surface area contributed by atoms with Crippen molar-refractivity contribution in [2.75, 3.05) is 4.90 Å². The van der Waals surface area contributed by atoms with E-state index in [0.29, 0.717) is 0 Å². The molecule has 254 valence electrons. The summed E-state index contributed by atoms with van der Waals surface area (Å²) in [5.41, 5.74) is 14.3. The molecule has 54 heavy (non-hydrogen) atoms. The van der Waals surface area contributed by atoms with E-state index in [2.05, 4.69) is 211 Å². The van der Waals surface area contributed by atoms with Crippen LogP contribution in [0.25, 0.3) is 77.2 Å². The van der Waals surface area contributed by atoms with Crippen LogP contribution in [0.1, 0.15) is 0 Å². The van der Waals surface area contributed by atoms with Crippen molar-refractivity contribution >= 4 is 49.8 Å². The lowest BCUT2D eigenvalue weighted by atomic mass is 9.88. The van der Waals surface area contributed by atoms with Crippen molar-refractivity contribution in [3.8, 4) is 44.5 Å². The molecule has 0 aliphatic carbocycles. The maximum absolute atomic E-state index is 6.64. The molecule has 0 atom stereocenters. The highest BCUT2D eigenvalue weighted by Gasteiger charge is 2.24. The van der Waals surface area contributed by atoms with E-state index in [1.807, 2.05) is 6.07 Å². The van der Waals surface area contributed by atoms with Gasteiger partial charge in [-0.05, 0) is 57.5 Å². The normalized spacial score (nSPS) is 11.3. The molecule has 1 aromatic heterocycles. The van der Waals surface area contributed by atoms with Crippen LogP contribution in [-0.4, -0.2) is 0 Å². The fourth-order valence-electron chi connectivity index (χ4n) is 8.08. The molecule has 9 aromatic carbocycles. The number of hydrogen-bond donors (Lipinski definition) is 0. The molecule has 0 saturated heterocycles. The third-order valence-corrected chi connectivity index (χ3v) is 10.5. The second-order valence-electron chi connectivity index (χ2n) is 13.6. The molecular weight excluding hydrogens is 655 g/mol. The average molecular weight is 690 g/mol. The molecule has 0 radical (unpaired) electrons. The van der Waals surface area contributed by atoms with Gasteiger partial charge in [-0.2, -0.15) is 0 Å². The molecule has 0 fully saturated rings. The van der Waals surface area contributed by atoms with Crippen LogP contribution in [0.2, 0.25) is 0 Å². The van der Waals surface area contributed by atoms with Crippen molar-refractivity contribution in [3.05, 3.63) is 212 Å². The van der Waals surface area contributed by atoms with Crippen molar-refractivity contribution in [3.63, 3.8) is 0 Å². The first-order chi connectivity index (χ1) is 26.8. The smallest absolute Gasteiger partial charge is 0.143 e. The minimum atomic E-state index is 0.889. The van der Waals surface area contributed by atoms with Gasteiger partial charge in [0, 0.05) is 32.8 Å². The third kappa shape index (κ3) is 5.36. The first kappa shape index (κ1) is 31.6. The van der Waals surface area contributed by atoms with Crippen LogP contribution in [0.4, 0.5) is 17.1 Å². The second kappa shape index (κ2) is 13.4. The SMILES string of the molecule is c1ccc(-c2ccccc2-c2ccccc2-c2ccccc2N(c2ccccc2-c2cccc3c2oc2ccccc23)c2cccc3ccccc23)cc1. The Morgan fingerprint density at radius 1 is 0.278 bits per heavy atom. The first-order valence-electron chi connectivity index (χ1n) is 18.4. The predicted octanol–water partition coefficient (Wildman–Crippen LogP) is 14.9. The Balaban J connectivity index is 1.25. The average Bonchev–Trinajstić information content (AvgIpc) is 3.64. The van der Waals surface area contributed by atoms with E-state index in [-0.39, 0.29) is 0 Å². The molecule has 1 heterocycles. The number of fused-ring (bicyclic) bond motifs is 4. The summed E-state index contributed by atoms with van der Waals surface area (Å²) in [5.74, 6) is 0. The van der Waals surface area contributed by atoms with E-state index >= 15 is 0 Å². The van der Waals surface area contributed by atoms with Gasteiger partial charge in [0.05, 0.1) is 17.1 Å². The predicted molar refractivity (Wildman–Crippen MR) is 228 cm³/mol. The van der Waals surface area contributed by atoms with Gasteiger partial charge in [-0.3, -0.25) is 0 Å². The highest BCUT2D eigenvalue weighted by Crippen LogP contribution is 2.49. The quantitative estimate of drug-likeness (QED) is 0.166. The number of hydrogen-bond acceptors (Lipinski definition) is 2. The summed E-state index contributed by atoms with van der Waals surface area (Å²) in [6.07, 6.45) is 0. The monoisotopic (exact) mass is 689 g/mol. The van der Waals surface area contributed by atoms with Crippen LogP contribution >= 0.6 is 0 Å². The Morgan fingerprint density at radius 3 is 1.46 bits per heavy atom. The summed E-state index contributed by atoms with van der Waals surface area (Å²) in [7, 11) is 0. The van der Waals surface area contributed by atoms with Crippen LogP contribution in [0.3, 0.4) is 0 Å². The van der Waals surface area contributed by atoms with Gasteiger partial charge in [-0.25, -0.2) is 0 Å². The topological polar surface area (TPSA) is 16.4 Å². The van der Waals surface area contributed by atoms with Gasteiger partial charge in [0.15, 0.2) is 0 Å². The Labute approximate surface area is 314 Å². The highest BCUT2D eigenvalue weighted by molar-refractivity contribution is 6.12. The van der Waals surface area contributed by atoms with Crippen LogP contribution < -0.4 is 4.90 Å². The van der Waals surface area contributed by atoms with Crippen LogP contribution in [0.5, 0.6) is 0 Å². The van der Waals surface area contributed by atoms with E-state index in [1.54, 1.807) is 0 Å². The molecule has 0 aliphatic heterocycles. The Bertz CT molecular complexity index is 2950. The van der Waals surface area contributed by atoms with Crippen LogP contribution in [0, 0.1) is 0 Å². The van der Waals surface area contributed by atoms with Gasteiger partial charge < -0.3 is 9.32 Å². The molecule has 0 saturated carbocycles. The van der Waals surface area contributed by atoms with Crippen molar-refractivity contribution in [1.82, 2.24) is 0 Å². The van der Waals surface area contributed by atoms with Gasteiger partial charge in [-0.1, -0.05) is 188 Å². The Kier molecular flexibility index (Phi) is 7.85. The minimum absolute atomic E-state index is 0.889. The number of furan rings is 1. The first-order valence-corrected chi connectivity index (χ1v) is 18.4. The Hall–Kier alpha value is -7.16. The van der Waals surface area contributed by atoms with Crippen molar-refractivity contribution in [2.24, 2.45) is 0 Å². The van der Waals surface area contributed by atoms with E-state index in [9.17, 15) is 0 Å². The summed E-state index contributed by atoms with van der Waals surface area (Å²) < 4.78 is 6.64. The zero-order chi connectivity index (χ0) is 35.8. The van der Waals surface area contributed by atoms with E-state index in [0.717, 1.165) is 55.7 Å². The lowest BCUT2D eigenvalue weighted by Crippen LogP contribution is -2.13. The number of benzene rings is 9. The van der Waals surface area contributed by atoms with Gasteiger partial charge in [-0.15, -0.1) is 0 Å². The van der Waals surface area contributed by atoms with Crippen LogP contribution in [0.15, 0.2) is 217 Å². The zero-order valence-corrected chi connectivity index (χ0v) is 29.6. The highest BCUT2D eigenvalue weighted by atomic mass is 16.3. The molecule has 2 heteroatoms. The molecule has 0 N–H and O–H groups in total. The lowest BCUT2D eigenvalue weighted by Gasteiger charge is -2.31. The molecule has 10 rings (SSSR count). The Morgan fingerprint density at radius 2 is 0.722 bits per heavy atom. The fourth-order valence-corrected chi connectivity index (χ4v) is 8.08. The van der Waals surface area contributed by atoms with Gasteiger partial charge in [0.2, 0.25) is 0 Å². The molecule has 0 amide bonds. The summed E-state index contributed by atoms with van der Waals surface area (Å²) in [6, 6.07) is 75.9. The summed E-state index contributed by atoms with van der Waals surface area (Å²) in [5, 5.41) is 4.59. The number of para-hydroxylation sites is 4. The van der Waals surface area contributed by atoms with E-state index in [1.165, 1.54) is 38.6 Å². The lowest BCUT2D eigenvalue weighted by molar-refractivity contribution is 0.670. The van der Waals surface area contributed by atoms with Crippen molar-refractivity contribution in [2.45, 2.75) is 0 Å². The van der Waals surface area contributed by atoms with E-state index in [4.69, 9.17) is 4.42 Å². The van der Waals surface area contributed by atoms with Gasteiger partial charge >= 0.3 is 0 Å². The largest absolute Gasteiger partial charge is 0.455 e. The van der Waals surface area contributed by atoms with Crippen molar-refractivity contribution < 1.29 is 4.42 Å². The number of nitrogens with zero attached hydrogens (tertiary/aromatic N) is 1. The standard InChI is InChI=1S/C52H35NO/c1-2-18-36(19-3-1)38-22-6-7-24-40(38)41-25-8-9-26-42(41)43-27-10-13-32-49(43)53(48-34-16-21-37-20-4-5-23-39(37)48)50-33-14-11-28-44(50)46-30-17-31-47-45-29-12-15-35-51(45)54-52(46)47/h1-35H. The molecule has 10 aromatic rings. The zero-order valence-electron chi connectivity index (χ0n) is 29.6.